The molecule has 0 atom stereocenters. The summed E-state index contributed by atoms with van der Waals surface area (Å²) in [7, 11) is -3.95. The molecule has 1 saturated heterocycles. The van der Waals surface area contributed by atoms with Crippen molar-refractivity contribution in [3.63, 3.8) is 0 Å². The summed E-state index contributed by atoms with van der Waals surface area (Å²) in [5, 5.41) is 10.5. The van der Waals surface area contributed by atoms with Crippen LogP contribution >= 0.6 is 0 Å². The Kier molecular flexibility index (Phi) is 3.69. The number of fused-ring (bicyclic) bond motifs is 2. The molecule has 7 nitrogen and oxygen atoms in total. The first-order chi connectivity index (χ1) is 12.4. The van der Waals surface area contributed by atoms with Crippen molar-refractivity contribution in [3.8, 4) is 0 Å². The van der Waals surface area contributed by atoms with Crippen LogP contribution in [0.5, 0.6) is 0 Å². The number of carbonyl (C=O) groups excluding carboxylic acids is 1. The zero-order valence-corrected chi connectivity index (χ0v) is 14.3. The molecule has 26 heavy (non-hydrogen) atoms. The topological polar surface area (TPSA) is 90.8 Å². The van der Waals surface area contributed by atoms with Gasteiger partial charge in [0.05, 0.1) is 6.54 Å². The van der Waals surface area contributed by atoms with Gasteiger partial charge >= 0.3 is 0 Å². The number of hydrogen-bond donors (Lipinski definition) is 1. The van der Waals surface area contributed by atoms with Gasteiger partial charge in [0, 0.05) is 19.3 Å². The summed E-state index contributed by atoms with van der Waals surface area (Å²) in [6.45, 7) is 0.351. The Labute approximate surface area is 149 Å². The van der Waals surface area contributed by atoms with Crippen molar-refractivity contribution >= 4 is 21.7 Å². The van der Waals surface area contributed by atoms with Crippen molar-refractivity contribution in [2.24, 2.45) is 0 Å². The maximum Gasteiger partial charge on any atom is 0.275 e. The van der Waals surface area contributed by atoms with Crippen LogP contribution in [-0.4, -0.2) is 46.7 Å². The molecule has 0 bridgehead atoms. The molecular formula is C17H14FN3O4S. The van der Waals surface area contributed by atoms with E-state index in [4.69, 9.17) is 0 Å². The lowest BCUT2D eigenvalue weighted by Gasteiger charge is -2.39. The Morgan fingerprint density at radius 3 is 2.62 bits per heavy atom. The monoisotopic (exact) mass is 375 g/mol. The molecular weight excluding hydrogens is 361 g/mol. The van der Waals surface area contributed by atoms with Crippen LogP contribution in [0.4, 0.5) is 4.39 Å². The fraction of sp³-hybridized carbons (Fsp3) is 0.176. The van der Waals surface area contributed by atoms with Crippen LogP contribution < -0.4 is 0 Å². The number of nitrogens with zero attached hydrogens (tertiary/aromatic N) is 3. The number of amides is 1. The second kappa shape index (κ2) is 5.80. The number of rotatable bonds is 2. The normalized spacial score (nSPS) is 18.6. The van der Waals surface area contributed by atoms with E-state index < -0.39 is 21.7 Å². The predicted molar refractivity (Wildman–Crippen MR) is 89.5 cm³/mol. The highest BCUT2D eigenvalue weighted by Crippen LogP contribution is 2.36. The fourth-order valence-corrected chi connectivity index (χ4v) is 4.72. The van der Waals surface area contributed by atoms with Crippen LogP contribution in [0.3, 0.4) is 0 Å². The van der Waals surface area contributed by atoms with Crippen molar-refractivity contribution in [2.45, 2.75) is 11.4 Å². The van der Waals surface area contributed by atoms with Gasteiger partial charge in [0.2, 0.25) is 0 Å². The van der Waals surface area contributed by atoms with E-state index in [2.05, 4.69) is 4.98 Å². The molecule has 2 aliphatic rings. The molecule has 0 spiro atoms. The average Bonchev–Trinajstić information content (AvgIpc) is 2.63. The highest BCUT2D eigenvalue weighted by Gasteiger charge is 2.44. The van der Waals surface area contributed by atoms with E-state index >= 15 is 0 Å². The number of piperazine rings is 1. The number of carbonyl (C=O) groups is 1. The first-order valence-corrected chi connectivity index (χ1v) is 9.28. The SMILES string of the molecule is O=C1C2=C(O)c3ncccc3S(=O)(=O)N2CCN1Cc1ccc(F)cc1. The first kappa shape index (κ1) is 16.5. The summed E-state index contributed by atoms with van der Waals surface area (Å²) in [5.41, 5.74) is 0.269. The van der Waals surface area contributed by atoms with Gasteiger partial charge in [-0.2, -0.15) is 0 Å². The molecule has 1 amide bonds. The Balaban J connectivity index is 1.74. The number of benzene rings is 1. The molecule has 0 aliphatic carbocycles. The predicted octanol–water partition coefficient (Wildman–Crippen LogP) is 1.49. The number of aromatic nitrogens is 1. The zero-order valence-electron chi connectivity index (χ0n) is 13.5. The summed E-state index contributed by atoms with van der Waals surface area (Å²) < 4.78 is 39.5. The molecule has 1 aromatic carbocycles. The van der Waals surface area contributed by atoms with Crippen molar-refractivity contribution in [3.05, 3.63) is 65.4 Å². The molecule has 2 aliphatic heterocycles. The van der Waals surface area contributed by atoms with Crippen LogP contribution in [0.2, 0.25) is 0 Å². The quantitative estimate of drug-likeness (QED) is 0.859. The average molecular weight is 375 g/mol. The maximum atomic E-state index is 13.0. The highest BCUT2D eigenvalue weighted by molar-refractivity contribution is 7.89. The van der Waals surface area contributed by atoms with E-state index in [0.717, 1.165) is 4.31 Å². The Bertz CT molecular complexity index is 1030. The molecule has 0 radical (unpaired) electrons. The third-order valence-electron chi connectivity index (χ3n) is 4.39. The first-order valence-electron chi connectivity index (χ1n) is 7.84. The van der Waals surface area contributed by atoms with E-state index in [9.17, 15) is 22.7 Å². The standard InChI is InChI=1S/C17H14FN3O4S/c18-12-5-3-11(4-6-12)10-20-8-9-21-15(17(20)23)16(22)14-13(26(21,24)25)2-1-7-19-14/h1-7,22H,8-10H2. The number of sulfonamides is 1. The molecule has 0 unspecified atom stereocenters. The van der Waals surface area contributed by atoms with E-state index in [1.54, 1.807) is 12.1 Å². The van der Waals surface area contributed by atoms with Crippen LogP contribution in [0, 0.1) is 5.82 Å². The van der Waals surface area contributed by atoms with Gasteiger partial charge in [-0.1, -0.05) is 12.1 Å². The summed E-state index contributed by atoms with van der Waals surface area (Å²) in [6.07, 6.45) is 1.35. The lowest BCUT2D eigenvalue weighted by Crippen LogP contribution is -2.52. The maximum absolute atomic E-state index is 13.0. The lowest BCUT2D eigenvalue weighted by atomic mass is 10.1. The second-order valence-corrected chi connectivity index (χ2v) is 7.81. The minimum Gasteiger partial charge on any atom is -0.504 e. The van der Waals surface area contributed by atoms with Gasteiger partial charge in [-0.05, 0) is 29.8 Å². The van der Waals surface area contributed by atoms with Gasteiger partial charge in [0.25, 0.3) is 15.9 Å². The number of aliphatic hydroxyl groups is 1. The van der Waals surface area contributed by atoms with Crippen molar-refractivity contribution in [1.82, 2.24) is 14.2 Å². The zero-order chi connectivity index (χ0) is 18.5. The Morgan fingerprint density at radius 1 is 1.15 bits per heavy atom. The number of hydrogen-bond acceptors (Lipinski definition) is 5. The number of pyridine rings is 1. The van der Waals surface area contributed by atoms with E-state index in [-0.39, 0.29) is 41.7 Å². The largest absolute Gasteiger partial charge is 0.504 e. The van der Waals surface area contributed by atoms with Gasteiger partial charge in [-0.3, -0.25) is 14.1 Å². The molecule has 1 fully saturated rings. The van der Waals surface area contributed by atoms with Crippen molar-refractivity contribution < 1.29 is 22.7 Å². The minimum atomic E-state index is -3.95. The molecule has 1 N–H and O–H groups in total. The molecule has 4 rings (SSSR count). The highest BCUT2D eigenvalue weighted by atomic mass is 32.2. The summed E-state index contributed by atoms with van der Waals surface area (Å²) >= 11 is 0. The molecule has 9 heteroatoms. The van der Waals surface area contributed by atoms with Gasteiger partial charge in [-0.25, -0.2) is 12.8 Å². The van der Waals surface area contributed by atoms with Crippen LogP contribution in [0.25, 0.3) is 5.76 Å². The minimum absolute atomic E-state index is 0.0169. The summed E-state index contributed by atoms with van der Waals surface area (Å²) in [5.74, 6) is -1.45. The molecule has 0 saturated carbocycles. The van der Waals surface area contributed by atoms with Crippen LogP contribution in [0.15, 0.2) is 53.2 Å². The summed E-state index contributed by atoms with van der Waals surface area (Å²) in [6, 6.07) is 8.49. The second-order valence-electron chi connectivity index (χ2n) is 5.98. The third-order valence-corrected chi connectivity index (χ3v) is 6.22. The molecule has 1 aromatic heterocycles. The van der Waals surface area contributed by atoms with Gasteiger partial charge < -0.3 is 10.0 Å². The van der Waals surface area contributed by atoms with Crippen molar-refractivity contribution in [1.29, 1.82) is 0 Å². The molecule has 134 valence electrons. The lowest BCUT2D eigenvalue weighted by molar-refractivity contribution is -0.131. The van der Waals surface area contributed by atoms with Gasteiger partial charge in [0.15, 0.2) is 11.5 Å². The van der Waals surface area contributed by atoms with Crippen LogP contribution in [0.1, 0.15) is 11.3 Å². The van der Waals surface area contributed by atoms with Gasteiger partial charge in [-0.15, -0.1) is 0 Å². The molecule has 3 heterocycles. The number of halogens is 1. The third kappa shape index (κ3) is 2.43. The number of aliphatic hydroxyl groups excluding tert-OH is 1. The molecule has 2 aromatic rings. The van der Waals surface area contributed by atoms with Crippen molar-refractivity contribution in [2.75, 3.05) is 13.1 Å². The van der Waals surface area contributed by atoms with E-state index in [1.807, 2.05) is 0 Å². The van der Waals surface area contributed by atoms with Gasteiger partial charge in [0.1, 0.15) is 16.4 Å². The van der Waals surface area contributed by atoms with E-state index in [1.165, 1.54) is 35.4 Å². The smallest absolute Gasteiger partial charge is 0.275 e. The Morgan fingerprint density at radius 2 is 1.88 bits per heavy atom. The van der Waals surface area contributed by atoms with E-state index in [0.29, 0.717) is 5.56 Å². The summed E-state index contributed by atoms with van der Waals surface area (Å²) in [4.78, 5) is 18.0. The fourth-order valence-electron chi connectivity index (χ4n) is 3.11. The van der Waals surface area contributed by atoms with Crippen LogP contribution in [-0.2, 0) is 21.4 Å². The Hall–Kier alpha value is -2.94.